The van der Waals surface area contributed by atoms with Gasteiger partial charge in [0.15, 0.2) is 17.1 Å². The molecule has 0 radical (unpaired) electrons. The fourth-order valence-corrected chi connectivity index (χ4v) is 4.19. The van der Waals surface area contributed by atoms with Gasteiger partial charge < -0.3 is 24.1 Å². The van der Waals surface area contributed by atoms with Gasteiger partial charge in [0, 0.05) is 12.1 Å². The average molecular weight is 471 g/mol. The first kappa shape index (κ1) is 24.4. The van der Waals surface area contributed by atoms with E-state index in [1.54, 1.807) is 14.2 Å². The summed E-state index contributed by atoms with van der Waals surface area (Å²) in [5.74, 6) is 2.75. The van der Waals surface area contributed by atoms with Gasteiger partial charge in [-0.2, -0.15) is 0 Å². The number of nitrogens with one attached hydrogen (secondary N) is 1. The summed E-state index contributed by atoms with van der Waals surface area (Å²) in [5.41, 5.74) is 1.68. The number of thioether (sulfide) groups is 1. The lowest BCUT2D eigenvalue weighted by molar-refractivity contribution is -0.113. The van der Waals surface area contributed by atoms with Crippen molar-refractivity contribution in [1.29, 1.82) is 0 Å². The molecule has 1 amide bonds. The van der Waals surface area contributed by atoms with Gasteiger partial charge in [-0.3, -0.25) is 4.79 Å². The monoisotopic (exact) mass is 470 g/mol. The molecule has 1 atom stereocenters. The van der Waals surface area contributed by atoms with E-state index in [4.69, 9.17) is 14.2 Å². The van der Waals surface area contributed by atoms with Gasteiger partial charge in [0.25, 0.3) is 0 Å². The molecule has 0 saturated carbocycles. The summed E-state index contributed by atoms with van der Waals surface area (Å²) >= 11 is 1.33. The van der Waals surface area contributed by atoms with Crippen LogP contribution in [0.2, 0.25) is 0 Å². The van der Waals surface area contributed by atoms with Crippen LogP contribution in [0.25, 0.3) is 0 Å². The first-order chi connectivity index (χ1) is 15.8. The lowest BCUT2D eigenvalue weighted by atomic mass is 10.2. The van der Waals surface area contributed by atoms with E-state index < -0.39 is 0 Å². The molecule has 8 nitrogen and oxygen atoms in total. The Labute approximate surface area is 198 Å². The number of ether oxygens (including phenoxy) is 3. The highest BCUT2D eigenvalue weighted by Gasteiger charge is 2.22. The Balaban J connectivity index is 1.70. The standard InChI is InChI=1S/C24H30N4O4S/c1-15(2)28-23(17(4)32-19-9-7-8-18(13-19)30-5)26-27-24(28)33-14-22(29)25-20-12-16(3)10-11-21(20)31-6/h7-13,15,17H,14H2,1-6H3,(H,25,29). The molecular weight excluding hydrogens is 440 g/mol. The van der Waals surface area contributed by atoms with Gasteiger partial charge in [-0.1, -0.05) is 23.9 Å². The Kier molecular flexibility index (Phi) is 8.21. The molecule has 2 aromatic carbocycles. The third kappa shape index (κ3) is 6.19. The summed E-state index contributed by atoms with van der Waals surface area (Å²) in [6, 6.07) is 13.2. The van der Waals surface area contributed by atoms with Crippen LogP contribution in [0.4, 0.5) is 5.69 Å². The largest absolute Gasteiger partial charge is 0.497 e. The molecule has 1 unspecified atom stereocenters. The van der Waals surface area contributed by atoms with Gasteiger partial charge in [-0.05, 0) is 57.5 Å². The Hall–Kier alpha value is -3.20. The molecule has 1 aromatic heterocycles. The Morgan fingerprint density at radius 1 is 1.06 bits per heavy atom. The second-order valence-electron chi connectivity index (χ2n) is 7.78. The molecular formula is C24H30N4O4S. The minimum absolute atomic E-state index is 0.0915. The van der Waals surface area contributed by atoms with E-state index in [0.29, 0.717) is 28.2 Å². The van der Waals surface area contributed by atoms with Crippen molar-refractivity contribution >= 4 is 23.4 Å². The van der Waals surface area contributed by atoms with Crippen molar-refractivity contribution in [3.8, 4) is 17.2 Å². The van der Waals surface area contributed by atoms with Gasteiger partial charge in [0.2, 0.25) is 5.91 Å². The van der Waals surface area contributed by atoms with Crippen LogP contribution in [-0.4, -0.2) is 40.6 Å². The van der Waals surface area contributed by atoms with Crippen molar-refractivity contribution in [2.45, 2.75) is 45.0 Å². The smallest absolute Gasteiger partial charge is 0.234 e. The molecule has 0 saturated heterocycles. The summed E-state index contributed by atoms with van der Waals surface area (Å²) in [6.45, 7) is 7.98. The van der Waals surface area contributed by atoms with E-state index in [-0.39, 0.29) is 23.8 Å². The molecule has 0 aliphatic rings. The van der Waals surface area contributed by atoms with Crippen molar-refractivity contribution in [3.05, 3.63) is 53.9 Å². The van der Waals surface area contributed by atoms with E-state index in [0.717, 1.165) is 11.3 Å². The van der Waals surface area contributed by atoms with Gasteiger partial charge >= 0.3 is 0 Å². The van der Waals surface area contributed by atoms with Gasteiger partial charge in [0.1, 0.15) is 17.2 Å². The molecule has 33 heavy (non-hydrogen) atoms. The minimum atomic E-state index is -0.341. The third-order valence-electron chi connectivity index (χ3n) is 4.89. The van der Waals surface area contributed by atoms with E-state index in [2.05, 4.69) is 15.5 Å². The van der Waals surface area contributed by atoms with Crippen molar-refractivity contribution < 1.29 is 19.0 Å². The number of amides is 1. The van der Waals surface area contributed by atoms with Crippen LogP contribution in [0, 0.1) is 6.92 Å². The number of carbonyl (C=O) groups excluding carboxylic acids is 1. The topological polar surface area (TPSA) is 87.5 Å². The second kappa shape index (κ2) is 11.1. The second-order valence-corrected chi connectivity index (χ2v) is 8.73. The minimum Gasteiger partial charge on any atom is -0.497 e. The predicted molar refractivity (Wildman–Crippen MR) is 130 cm³/mol. The third-order valence-corrected chi connectivity index (χ3v) is 5.83. The highest BCUT2D eigenvalue weighted by atomic mass is 32.2. The first-order valence-electron chi connectivity index (χ1n) is 10.6. The van der Waals surface area contributed by atoms with Crippen LogP contribution < -0.4 is 19.5 Å². The average Bonchev–Trinajstić information content (AvgIpc) is 3.22. The lowest BCUT2D eigenvalue weighted by Crippen LogP contribution is -2.17. The van der Waals surface area contributed by atoms with E-state index >= 15 is 0 Å². The predicted octanol–water partition coefficient (Wildman–Crippen LogP) is 5.06. The van der Waals surface area contributed by atoms with Crippen molar-refractivity contribution in [1.82, 2.24) is 14.8 Å². The fraction of sp³-hybridized carbons (Fsp3) is 0.375. The molecule has 1 heterocycles. The van der Waals surface area contributed by atoms with Crippen molar-refractivity contribution in [2.24, 2.45) is 0 Å². The maximum atomic E-state index is 12.6. The highest BCUT2D eigenvalue weighted by molar-refractivity contribution is 7.99. The number of rotatable bonds is 10. The lowest BCUT2D eigenvalue weighted by Gasteiger charge is -2.19. The molecule has 3 aromatic rings. The number of hydrogen-bond donors (Lipinski definition) is 1. The van der Waals surface area contributed by atoms with Crippen LogP contribution in [0.3, 0.4) is 0 Å². The van der Waals surface area contributed by atoms with Crippen LogP contribution in [-0.2, 0) is 4.79 Å². The zero-order valence-corrected chi connectivity index (χ0v) is 20.6. The number of anilines is 1. The molecule has 0 spiro atoms. The molecule has 9 heteroatoms. The Morgan fingerprint density at radius 3 is 2.52 bits per heavy atom. The number of benzene rings is 2. The normalized spacial score (nSPS) is 11.8. The van der Waals surface area contributed by atoms with E-state index in [9.17, 15) is 4.79 Å². The first-order valence-corrected chi connectivity index (χ1v) is 11.6. The summed E-state index contributed by atoms with van der Waals surface area (Å²) in [4.78, 5) is 12.6. The molecule has 0 fully saturated rings. The van der Waals surface area contributed by atoms with Gasteiger partial charge in [0.05, 0.1) is 25.7 Å². The van der Waals surface area contributed by atoms with E-state index in [1.807, 2.05) is 74.7 Å². The SMILES string of the molecule is COc1cccc(OC(C)c2nnc(SCC(=O)Nc3cc(C)ccc3OC)n2C(C)C)c1. The molecule has 0 aliphatic carbocycles. The van der Waals surface area contributed by atoms with Crippen molar-refractivity contribution in [3.63, 3.8) is 0 Å². The quantitative estimate of drug-likeness (QED) is 0.415. The summed E-state index contributed by atoms with van der Waals surface area (Å²) in [7, 11) is 3.20. The molecule has 0 bridgehead atoms. The molecule has 0 aliphatic heterocycles. The fourth-order valence-electron chi connectivity index (χ4n) is 3.32. The Morgan fingerprint density at radius 2 is 1.82 bits per heavy atom. The number of carbonyl (C=O) groups is 1. The highest BCUT2D eigenvalue weighted by Crippen LogP contribution is 2.30. The van der Waals surface area contributed by atoms with Crippen LogP contribution >= 0.6 is 11.8 Å². The zero-order valence-electron chi connectivity index (χ0n) is 19.8. The number of aryl methyl sites for hydroxylation is 1. The van der Waals surface area contributed by atoms with Gasteiger partial charge in [-0.25, -0.2) is 0 Å². The number of hydrogen-bond acceptors (Lipinski definition) is 7. The zero-order chi connectivity index (χ0) is 24.0. The van der Waals surface area contributed by atoms with Crippen molar-refractivity contribution in [2.75, 3.05) is 25.3 Å². The maximum absolute atomic E-state index is 12.6. The van der Waals surface area contributed by atoms with Crippen LogP contribution in [0.15, 0.2) is 47.6 Å². The molecule has 3 rings (SSSR count). The van der Waals surface area contributed by atoms with Crippen LogP contribution in [0.5, 0.6) is 17.2 Å². The number of methoxy groups -OCH3 is 2. The maximum Gasteiger partial charge on any atom is 0.234 e. The summed E-state index contributed by atoms with van der Waals surface area (Å²) < 4.78 is 18.7. The summed E-state index contributed by atoms with van der Waals surface area (Å²) in [5, 5.41) is 12.3. The number of nitrogens with zero attached hydrogens (tertiary/aromatic N) is 3. The molecule has 1 N–H and O–H groups in total. The van der Waals surface area contributed by atoms with Gasteiger partial charge in [-0.15, -0.1) is 10.2 Å². The molecule has 176 valence electrons. The van der Waals surface area contributed by atoms with E-state index in [1.165, 1.54) is 11.8 Å². The summed E-state index contributed by atoms with van der Waals surface area (Å²) in [6.07, 6.45) is -0.341. The Bertz CT molecular complexity index is 1100. The number of aromatic nitrogens is 3. The van der Waals surface area contributed by atoms with Crippen LogP contribution in [0.1, 0.15) is 44.3 Å².